The van der Waals surface area contributed by atoms with E-state index in [2.05, 4.69) is 20.8 Å². The number of hydrogen-bond donors (Lipinski definition) is 3. The number of thioether (sulfide) groups is 1. The fourth-order valence-corrected chi connectivity index (χ4v) is 8.54. The lowest BCUT2D eigenvalue weighted by atomic mass is 9.77. The minimum atomic E-state index is -1.31. The number of thiazole rings is 1. The molecule has 5 aromatic rings. The van der Waals surface area contributed by atoms with Crippen molar-refractivity contribution < 1.29 is 33.9 Å². The number of β-lactam (4-membered cyclic amide) rings is 1. The Labute approximate surface area is 329 Å². The van der Waals surface area contributed by atoms with Gasteiger partial charge in [-0.05, 0) is 41.0 Å². The Morgan fingerprint density at radius 1 is 0.964 bits per heavy atom. The van der Waals surface area contributed by atoms with Gasteiger partial charge in [0.2, 0.25) is 0 Å². The number of benzene rings is 3. The molecule has 2 atom stereocenters. The molecule has 0 spiro atoms. The summed E-state index contributed by atoms with van der Waals surface area (Å²) in [5.74, 6) is -2.90. The van der Waals surface area contributed by atoms with Crippen LogP contribution in [0.25, 0.3) is 0 Å². The van der Waals surface area contributed by atoms with Crippen molar-refractivity contribution in [1.82, 2.24) is 20.2 Å². The number of aliphatic carboxylic acids is 1. The van der Waals surface area contributed by atoms with Gasteiger partial charge >= 0.3 is 11.9 Å². The Morgan fingerprint density at radius 3 is 2.18 bits per heavy atom. The number of hydrogen-bond acceptors (Lipinski definition) is 12. The third-order valence-corrected chi connectivity index (χ3v) is 11.0. The first-order valence-corrected chi connectivity index (χ1v) is 19.2. The highest BCUT2D eigenvalue weighted by atomic mass is 32.2. The van der Waals surface area contributed by atoms with E-state index in [1.807, 2.05) is 91.0 Å². The summed E-state index contributed by atoms with van der Waals surface area (Å²) in [7, 11) is 1.30. The van der Waals surface area contributed by atoms with Gasteiger partial charge in [-0.1, -0.05) is 96.2 Å². The van der Waals surface area contributed by atoms with Crippen LogP contribution in [0.4, 0.5) is 5.13 Å². The van der Waals surface area contributed by atoms with Gasteiger partial charge in [-0.15, -0.1) is 23.1 Å². The van der Waals surface area contributed by atoms with Gasteiger partial charge in [0.1, 0.15) is 36.7 Å². The van der Waals surface area contributed by atoms with Crippen LogP contribution in [-0.4, -0.2) is 81.0 Å². The molecule has 282 valence electrons. The standard InChI is InChI=1S/C41H34N6O7S2/c1-53-46-33(30-24-56-40(43-30)45-41(27-14-5-2-6-15-27,28-16-7-3-8-17-28)29-18-9-4-10-19-29)36(48)44-34-31-25-55-32(35(38(50)51)47(31)37(34)49)20-12-22-54-39(52)26-13-11-21-42-23-26/h2-21,23-24,31,34H,22,25H2,1H3,(H,43,45)(H,44,48)(H,50,51)/b20-12+,46-33-/t31-,34+/m1/s1. The fourth-order valence-electron chi connectivity index (χ4n) is 6.58. The molecule has 0 radical (unpaired) electrons. The number of aromatic nitrogens is 2. The van der Waals surface area contributed by atoms with Crippen LogP contribution in [0.2, 0.25) is 0 Å². The smallest absolute Gasteiger partial charge is 0.353 e. The van der Waals surface area contributed by atoms with Crippen molar-refractivity contribution in [2.24, 2.45) is 5.16 Å². The van der Waals surface area contributed by atoms with Crippen LogP contribution in [-0.2, 0) is 29.5 Å². The number of amides is 2. The van der Waals surface area contributed by atoms with E-state index in [1.165, 1.54) is 59.7 Å². The van der Waals surface area contributed by atoms with Gasteiger partial charge in [0.05, 0.1) is 11.6 Å². The van der Waals surface area contributed by atoms with Crippen LogP contribution >= 0.6 is 23.1 Å². The molecule has 3 N–H and O–H groups in total. The maximum atomic E-state index is 13.8. The molecule has 15 heteroatoms. The quantitative estimate of drug-likeness (QED) is 0.0430. The fraction of sp³-hybridized carbons (Fsp3) is 0.146. The number of anilines is 1. The van der Waals surface area contributed by atoms with E-state index >= 15 is 0 Å². The van der Waals surface area contributed by atoms with Gasteiger partial charge in [0.15, 0.2) is 10.8 Å². The summed E-state index contributed by atoms with van der Waals surface area (Å²) >= 11 is 2.49. The number of fused-ring (bicyclic) bond motifs is 1. The second-order valence-electron chi connectivity index (χ2n) is 12.4. The van der Waals surface area contributed by atoms with Crippen molar-refractivity contribution in [2.45, 2.75) is 17.6 Å². The van der Waals surface area contributed by atoms with Crippen LogP contribution in [0.3, 0.4) is 0 Å². The van der Waals surface area contributed by atoms with Gasteiger partial charge in [0.25, 0.3) is 11.8 Å². The van der Waals surface area contributed by atoms with Crippen molar-refractivity contribution in [3.63, 3.8) is 0 Å². The van der Waals surface area contributed by atoms with Crippen molar-refractivity contribution in [3.05, 3.63) is 172 Å². The van der Waals surface area contributed by atoms with Gasteiger partial charge < -0.3 is 25.3 Å². The maximum absolute atomic E-state index is 13.8. The van der Waals surface area contributed by atoms with E-state index in [9.17, 15) is 24.3 Å². The Hall–Kier alpha value is -6.58. The molecule has 7 rings (SSSR count). The summed E-state index contributed by atoms with van der Waals surface area (Å²) < 4.78 is 5.22. The minimum absolute atomic E-state index is 0.123. The molecule has 0 unspecified atom stereocenters. The van der Waals surface area contributed by atoms with Crippen LogP contribution in [0.15, 0.2) is 149 Å². The third kappa shape index (κ3) is 7.54. The Kier molecular flexibility index (Phi) is 11.3. The topological polar surface area (TPSA) is 172 Å². The molecular weight excluding hydrogens is 753 g/mol. The average molecular weight is 787 g/mol. The van der Waals surface area contributed by atoms with Crippen LogP contribution in [0.5, 0.6) is 0 Å². The highest BCUT2D eigenvalue weighted by Crippen LogP contribution is 2.41. The molecule has 2 aliphatic heterocycles. The monoisotopic (exact) mass is 786 g/mol. The first-order chi connectivity index (χ1) is 27.3. The molecule has 1 fully saturated rings. The number of carboxylic acid groups (broad SMARTS) is 1. The molecule has 0 aliphatic carbocycles. The molecule has 4 heterocycles. The van der Waals surface area contributed by atoms with Gasteiger partial charge in [0, 0.05) is 28.4 Å². The lowest BCUT2D eigenvalue weighted by Gasteiger charge is -2.49. The first kappa shape index (κ1) is 37.7. The van der Waals surface area contributed by atoms with Gasteiger partial charge in [-0.2, -0.15) is 0 Å². The number of allylic oxidation sites excluding steroid dienone is 1. The number of esters is 1. The van der Waals surface area contributed by atoms with E-state index in [0.29, 0.717) is 15.8 Å². The van der Waals surface area contributed by atoms with Crippen molar-refractivity contribution in [3.8, 4) is 0 Å². The number of nitrogens with one attached hydrogen (secondary N) is 2. The Morgan fingerprint density at radius 2 is 1.61 bits per heavy atom. The number of pyridine rings is 1. The summed E-state index contributed by atoms with van der Waals surface area (Å²) in [6.45, 7) is -0.123. The largest absolute Gasteiger partial charge is 0.477 e. The van der Waals surface area contributed by atoms with Crippen LogP contribution in [0.1, 0.15) is 32.7 Å². The van der Waals surface area contributed by atoms with E-state index in [4.69, 9.17) is 14.6 Å². The van der Waals surface area contributed by atoms with Crippen molar-refractivity contribution in [1.29, 1.82) is 0 Å². The Bertz CT molecular complexity index is 2220. The second-order valence-corrected chi connectivity index (χ2v) is 14.4. The molecule has 2 aliphatic rings. The normalized spacial score (nSPS) is 16.8. The zero-order valence-electron chi connectivity index (χ0n) is 29.8. The molecule has 2 amide bonds. The number of nitrogens with zero attached hydrogens (tertiary/aromatic N) is 4. The zero-order valence-corrected chi connectivity index (χ0v) is 31.4. The van der Waals surface area contributed by atoms with Gasteiger partial charge in [-0.3, -0.25) is 19.5 Å². The maximum Gasteiger partial charge on any atom is 0.353 e. The van der Waals surface area contributed by atoms with Crippen LogP contribution in [0, 0.1) is 0 Å². The SMILES string of the molecule is CO/N=C(\C(=O)N[C@@H]1C(=O)N2C(C(=O)O)=C(/C=C/COC(=O)c3cccnc3)SC[C@H]12)c1csc(NC(c2ccccc2)(c2ccccc2)c2ccccc2)n1. The number of oxime groups is 1. The van der Waals surface area contributed by atoms with Crippen molar-refractivity contribution >= 4 is 57.7 Å². The number of carbonyl (C=O) groups is 4. The Balaban J connectivity index is 1.08. The predicted octanol–water partition coefficient (Wildman–Crippen LogP) is 5.44. The minimum Gasteiger partial charge on any atom is -0.477 e. The molecule has 13 nitrogen and oxygen atoms in total. The van der Waals surface area contributed by atoms with E-state index in [-0.39, 0.29) is 29.3 Å². The highest BCUT2D eigenvalue weighted by molar-refractivity contribution is 8.03. The number of carboxylic acids is 1. The average Bonchev–Trinajstić information content (AvgIpc) is 3.71. The third-order valence-electron chi connectivity index (χ3n) is 9.13. The molecule has 56 heavy (non-hydrogen) atoms. The zero-order chi connectivity index (χ0) is 39.1. The molecule has 0 bridgehead atoms. The molecule has 2 aromatic heterocycles. The van der Waals surface area contributed by atoms with Crippen molar-refractivity contribution in [2.75, 3.05) is 24.8 Å². The summed E-state index contributed by atoms with van der Waals surface area (Å²) in [5, 5.41) is 22.7. The summed E-state index contributed by atoms with van der Waals surface area (Å²) in [5.41, 5.74) is 2.14. The lowest BCUT2D eigenvalue weighted by Crippen LogP contribution is -2.73. The number of carbonyl (C=O) groups excluding carboxylic acids is 3. The lowest BCUT2D eigenvalue weighted by molar-refractivity contribution is -0.153. The summed E-state index contributed by atoms with van der Waals surface area (Å²) in [4.78, 5) is 67.1. The second kappa shape index (κ2) is 16.8. The highest BCUT2D eigenvalue weighted by Gasteiger charge is 2.54. The van der Waals surface area contributed by atoms with E-state index < -0.39 is 41.4 Å². The summed E-state index contributed by atoms with van der Waals surface area (Å²) in [6.07, 6.45) is 5.91. The molecular formula is C41H34N6O7S2. The number of ether oxygens (including phenoxy) is 1. The van der Waals surface area contributed by atoms with Gasteiger partial charge in [-0.25, -0.2) is 14.6 Å². The van der Waals surface area contributed by atoms with E-state index in [1.54, 1.807) is 17.5 Å². The van der Waals surface area contributed by atoms with E-state index in [0.717, 1.165) is 16.7 Å². The first-order valence-electron chi connectivity index (χ1n) is 17.3. The summed E-state index contributed by atoms with van der Waals surface area (Å²) in [6, 6.07) is 31.5. The molecule has 0 saturated carbocycles. The number of rotatable bonds is 14. The van der Waals surface area contributed by atoms with Crippen LogP contribution < -0.4 is 10.6 Å². The molecule has 1 saturated heterocycles. The molecule has 3 aromatic carbocycles. The predicted molar refractivity (Wildman–Crippen MR) is 212 cm³/mol.